The molecule has 0 radical (unpaired) electrons. The van der Waals surface area contributed by atoms with Crippen LogP contribution in [0.1, 0.15) is 19.3 Å². The Bertz CT molecular complexity index is 452. The summed E-state index contributed by atoms with van der Waals surface area (Å²) in [6.45, 7) is 0. The van der Waals surface area contributed by atoms with Crippen molar-refractivity contribution in [3.63, 3.8) is 0 Å². The number of hydrogen-bond acceptors (Lipinski definition) is 4. The lowest BCUT2D eigenvalue weighted by atomic mass is 10.2. The van der Waals surface area contributed by atoms with Gasteiger partial charge >= 0.3 is 5.97 Å². The molecule has 0 aliphatic carbocycles. The summed E-state index contributed by atoms with van der Waals surface area (Å²) >= 11 is 11.5. The maximum Gasteiger partial charge on any atom is 0.305 e. The highest BCUT2D eigenvalue weighted by atomic mass is 35.5. The summed E-state index contributed by atoms with van der Waals surface area (Å²) in [7, 11) is 1.31. The number of carbonyl (C=O) groups excluding carboxylic acids is 2. The molecule has 1 aromatic rings. The summed E-state index contributed by atoms with van der Waals surface area (Å²) in [5.74, 6) is -0.257. The fourth-order valence-corrected chi connectivity index (χ4v) is 1.44. The molecule has 0 aliphatic heterocycles. The molecule has 18 heavy (non-hydrogen) atoms. The van der Waals surface area contributed by atoms with E-state index >= 15 is 0 Å². The summed E-state index contributed by atoms with van der Waals surface area (Å²) in [5, 5.41) is 3.19. The Kier molecular flexibility index (Phi) is 5.88. The second-order valence-electron chi connectivity index (χ2n) is 3.46. The minimum absolute atomic E-state index is 0.205. The summed E-state index contributed by atoms with van der Waals surface area (Å²) in [6, 6.07) is 1.46. The SMILES string of the molecule is COC(=O)CCCC(=O)Nc1cc(Cl)c(Cl)cn1. The van der Waals surface area contributed by atoms with E-state index in [1.807, 2.05) is 0 Å². The third-order valence-corrected chi connectivity index (χ3v) is 2.80. The molecule has 7 heteroatoms. The van der Waals surface area contributed by atoms with Gasteiger partial charge < -0.3 is 10.1 Å². The van der Waals surface area contributed by atoms with Crippen LogP contribution in [-0.2, 0) is 14.3 Å². The lowest BCUT2D eigenvalue weighted by molar-refractivity contribution is -0.140. The molecule has 0 aliphatic rings. The van der Waals surface area contributed by atoms with Crippen LogP contribution >= 0.6 is 23.2 Å². The van der Waals surface area contributed by atoms with E-state index in [0.29, 0.717) is 22.3 Å². The number of rotatable bonds is 5. The third-order valence-electron chi connectivity index (χ3n) is 2.09. The first kappa shape index (κ1) is 14.7. The monoisotopic (exact) mass is 290 g/mol. The molecule has 1 amide bonds. The van der Waals surface area contributed by atoms with Gasteiger partial charge in [-0.15, -0.1) is 0 Å². The molecule has 0 saturated heterocycles. The maximum absolute atomic E-state index is 11.5. The molecule has 5 nitrogen and oxygen atoms in total. The zero-order chi connectivity index (χ0) is 13.5. The molecule has 0 bridgehead atoms. The van der Waals surface area contributed by atoms with Crippen LogP contribution in [-0.4, -0.2) is 24.0 Å². The Morgan fingerprint density at radius 1 is 1.33 bits per heavy atom. The van der Waals surface area contributed by atoms with Gasteiger partial charge in [0.15, 0.2) is 0 Å². The average molecular weight is 291 g/mol. The van der Waals surface area contributed by atoms with Gasteiger partial charge in [-0.2, -0.15) is 0 Å². The molecular formula is C11H12Cl2N2O3. The van der Waals surface area contributed by atoms with Crippen molar-refractivity contribution in [1.82, 2.24) is 4.98 Å². The van der Waals surface area contributed by atoms with Gasteiger partial charge in [0, 0.05) is 25.1 Å². The van der Waals surface area contributed by atoms with Crippen molar-refractivity contribution in [3.05, 3.63) is 22.3 Å². The average Bonchev–Trinajstić information content (AvgIpc) is 2.33. The smallest absolute Gasteiger partial charge is 0.305 e. The number of ether oxygens (including phenoxy) is 1. The number of amides is 1. The number of halogens is 2. The number of anilines is 1. The highest BCUT2D eigenvalue weighted by molar-refractivity contribution is 6.42. The minimum Gasteiger partial charge on any atom is -0.469 e. The highest BCUT2D eigenvalue weighted by Crippen LogP contribution is 2.22. The first-order valence-electron chi connectivity index (χ1n) is 5.20. The van der Waals surface area contributed by atoms with Gasteiger partial charge in [0.2, 0.25) is 5.91 Å². The zero-order valence-electron chi connectivity index (χ0n) is 9.70. The number of carbonyl (C=O) groups is 2. The molecule has 98 valence electrons. The fourth-order valence-electron chi connectivity index (χ4n) is 1.18. The van der Waals surface area contributed by atoms with Crippen molar-refractivity contribution in [1.29, 1.82) is 0 Å². The quantitative estimate of drug-likeness (QED) is 0.847. The van der Waals surface area contributed by atoms with Crippen LogP contribution in [0.2, 0.25) is 10.0 Å². The predicted octanol–water partition coefficient (Wildman–Crippen LogP) is 2.67. The van der Waals surface area contributed by atoms with E-state index < -0.39 is 0 Å². The molecule has 1 aromatic heterocycles. The zero-order valence-corrected chi connectivity index (χ0v) is 11.2. The highest BCUT2D eigenvalue weighted by Gasteiger charge is 2.07. The number of methoxy groups -OCH3 is 1. The molecule has 0 aromatic carbocycles. The van der Waals surface area contributed by atoms with E-state index in [0.717, 1.165) is 0 Å². The Labute approximate surface area is 114 Å². The molecular weight excluding hydrogens is 279 g/mol. The largest absolute Gasteiger partial charge is 0.469 e. The summed E-state index contributed by atoms with van der Waals surface area (Å²) in [5.41, 5.74) is 0. The van der Waals surface area contributed by atoms with Crippen LogP contribution in [0, 0.1) is 0 Å². The topological polar surface area (TPSA) is 68.3 Å². The van der Waals surface area contributed by atoms with E-state index in [1.165, 1.54) is 19.4 Å². The lowest BCUT2D eigenvalue weighted by Gasteiger charge is -2.05. The Morgan fingerprint density at radius 2 is 2.06 bits per heavy atom. The van der Waals surface area contributed by atoms with E-state index in [2.05, 4.69) is 15.0 Å². The van der Waals surface area contributed by atoms with E-state index in [1.54, 1.807) is 0 Å². The molecule has 1 heterocycles. The molecule has 1 rings (SSSR count). The van der Waals surface area contributed by atoms with Gasteiger partial charge in [-0.25, -0.2) is 4.98 Å². The summed E-state index contributed by atoms with van der Waals surface area (Å²) < 4.78 is 4.46. The molecule has 0 saturated carbocycles. The van der Waals surface area contributed by atoms with Crippen molar-refractivity contribution in [2.45, 2.75) is 19.3 Å². The summed E-state index contributed by atoms with van der Waals surface area (Å²) in [4.78, 5) is 26.2. The van der Waals surface area contributed by atoms with Crippen molar-refractivity contribution in [2.24, 2.45) is 0 Å². The molecule has 0 unspecified atom stereocenters. The summed E-state index contributed by atoms with van der Waals surface area (Å²) in [6.07, 6.45) is 2.18. The van der Waals surface area contributed by atoms with Crippen LogP contribution in [0.3, 0.4) is 0 Å². The van der Waals surface area contributed by atoms with E-state index in [-0.39, 0.29) is 24.7 Å². The third kappa shape index (κ3) is 4.89. The van der Waals surface area contributed by atoms with Gasteiger partial charge in [-0.05, 0) is 6.42 Å². The number of aromatic nitrogens is 1. The molecule has 0 spiro atoms. The number of esters is 1. The number of nitrogens with zero attached hydrogens (tertiary/aromatic N) is 1. The second kappa shape index (κ2) is 7.18. The van der Waals surface area contributed by atoms with Crippen molar-refractivity contribution in [2.75, 3.05) is 12.4 Å². The van der Waals surface area contributed by atoms with Crippen LogP contribution in [0.4, 0.5) is 5.82 Å². The molecule has 0 atom stereocenters. The van der Waals surface area contributed by atoms with Gasteiger partial charge in [0.25, 0.3) is 0 Å². The van der Waals surface area contributed by atoms with Gasteiger partial charge in [-0.3, -0.25) is 9.59 Å². The first-order chi connectivity index (χ1) is 8.52. The Hall–Kier alpha value is -1.33. The van der Waals surface area contributed by atoms with Crippen molar-refractivity contribution < 1.29 is 14.3 Å². The predicted molar refractivity (Wildman–Crippen MR) is 68.8 cm³/mol. The molecule has 0 fully saturated rings. The maximum atomic E-state index is 11.5. The van der Waals surface area contributed by atoms with Crippen LogP contribution in [0.25, 0.3) is 0 Å². The van der Waals surface area contributed by atoms with Gasteiger partial charge in [0.05, 0.1) is 17.2 Å². The van der Waals surface area contributed by atoms with E-state index in [9.17, 15) is 9.59 Å². The van der Waals surface area contributed by atoms with Gasteiger partial charge in [0.1, 0.15) is 5.82 Å². The molecule has 1 N–H and O–H groups in total. The fraction of sp³-hybridized carbons (Fsp3) is 0.364. The number of nitrogens with one attached hydrogen (secondary N) is 1. The number of pyridine rings is 1. The minimum atomic E-state index is -0.338. The normalized spacial score (nSPS) is 9.94. The van der Waals surface area contributed by atoms with E-state index in [4.69, 9.17) is 23.2 Å². The van der Waals surface area contributed by atoms with Crippen LogP contribution in [0.5, 0.6) is 0 Å². The first-order valence-corrected chi connectivity index (χ1v) is 5.96. The van der Waals surface area contributed by atoms with Crippen LogP contribution < -0.4 is 5.32 Å². The van der Waals surface area contributed by atoms with Gasteiger partial charge in [-0.1, -0.05) is 23.2 Å². The van der Waals surface area contributed by atoms with Crippen molar-refractivity contribution >= 4 is 40.9 Å². The Balaban J connectivity index is 2.40. The number of hydrogen-bond donors (Lipinski definition) is 1. The van der Waals surface area contributed by atoms with Crippen molar-refractivity contribution in [3.8, 4) is 0 Å². The second-order valence-corrected chi connectivity index (χ2v) is 4.28. The standard InChI is InChI=1S/C11H12Cl2N2O3/c1-18-11(17)4-2-3-10(16)15-9-5-7(12)8(13)6-14-9/h5-6H,2-4H2,1H3,(H,14,15,16). The Morgan fingerprint density at radius 3 is 2.67 bits per heavy atom. The lowest BCUT2D eigenvalue weighted by Crippen LogP contribution is -2.13. The van der Waals surface area contributed by atoms with Crippen LogP contribution in [0.15, 0.2) is 12.3 Å².